The summed E-state index contributed by atoms with van der Waals surface area (Å²) >= 11 is 0.739. The maximum Gasteiger partial charge on any atom is 0.418 e. The van der Waals surface area contributed by atoms with Crippen LogP contribution in [0, 0.1) is 6.92 Å². The van der Waals surface area contributed by atoms with Gasteiger partial charge >= 0.3 is 12.3 Å². The van der Waals surface area contributed by atoms with Crippen LogP contribution in [0.2, 0.25) is 0 Å². The Labute approximate surface area is 166 Å². The number of piperidine rings is 1. The predicted molar refractivity (Wildman–Crippen MR) is 96.3 cm³/mol. The second-order valence-electron chi connectivity index (χ2n) is 6.51. The van der Waals surface area contributed by atoms with Gasteiger partial charge in [0.2, 0.25) is 5.88 Å². The fourth-order valence-electron chi connectivity index (χ4n) is 3.19. The maximum atomic E-state index is 14.4. The number of pyridine rings is 1. The molecule has 0 radical (unpaired) electrons. The molecule has 0 aromatic carbocycles. The van der Waals surface area contributed by atoms with Crippen molar-refractivity contribution in [3.05, 3.63) is 22.1 Å². The Kier molecular flexibility index (Phi) is 5.57. The van der Waals surface area contributed by atoms with Crippen LogP contribution in [0.1, 0.15) is 27.9 Å². The van der Waals surface area contributed by atoms with Crippen LogP contribution in [0.5, 0.6) is 5.88 Å². The second-order valence-corrected chi connectivity index (χ2v) is 7.39. The number of carboxylic acid groups (broad SMARTS) is 1. The van der Waals surface area contributed by atoms with Crippen molar-refractivity contribution in [2.45, 2.75) is 31.8 Å². The summed E-state index contributed by atoms with van der Waals surface area (Å²) in [5, 5.41) is 12.6. The third-order valence-corrected chi connectivity index (χ3v) is 5.66. The minimum Gasteiger partial charge on any atom is -0.471 e. The zero-order valence-corrected chi connectivity index (χ0v) is 16.2. The van der Waals surface area contributed by atoms with Crippen molar-refractivity contribution in [1.82, 2.24) is 15.2 Å². The summed E-state index contributed by atoms with van der Waals surface area (Å²) in [6.45, 7) is 0.703. The third kappa shape index (κ3) is 3.93. The van der Waals surface area contributed by atoms with E-state index in [1.807, 2.05) is 0 Å². The lowest BCUT2D eigenvalue weighted by atomic mass is 10.1. The number of amides is 2. The van der Waals surface area contributed by atoms with E-state index in [-0.39, 0.29) is 34.3 Å². The summed E-state index contributed by atoms with van der Waals surface area (Å²) in [5.74, 6) is -1.03. The number of halogens is 4. The van der Waals surface area contributed by atoms with Crippen molar-refractivity contribution in [3.8, 4) is 5.88 Å². The Bertz CT molecular complexity index is 962. The number of likely N-dealkylation sites (tertiary alicyclic amines) is 1. The number of aromatic nitrogens is 1. The number of hydrogen-bond donors (Lipinski definition) is 2. The Morgan fingerprint density at radius 3 is 2.66 bits per heavy atom. The van der Waals surface area contributed by atoms with E-state index in [2.05, 4.69) is 10.3 Å². The highest BCUT2D eigenvalue weighted by molar-refractivity contribution is 7.17. The SMILES string of the molecule is CNC(=O)c1csc2c(C(F)(F)F)c(C)c(OC3CCN(C(=O)O)CC3F)nc12. The molecule has 12 heteroatoms. The van der Waals surface area contributed by atoms with Gasteiger partial charge in [-0.15, -0.1) is 11.3 Å². The molecule has 2 aromatic heterocycles. The van der Waals surface area contributed by atoms with Gasteiger partial charge < -0.3 is 20.1 Å². The van der Waals surface area contributed by atoms with E-state index >= 15 is 0 Å². The standard InChI is InChI=1S/C17H17F4N3O4S/c1-7-11(17(19,20)21)13-12(8(6-29-13)14(25)22-2)23-15(7)28-10-3-4-24(16(26)27)5-9(10)18/h6,9-10H,3-5H2,1-2H3,(H,22,25)(H,26,27). The largest absolute Gasteiger partial charge is 0.471 e. The van der Waals surface area contributed by atoms with Crippen molar-refractivity contribution in [1.29, 1.82) is 0 Å². The Balaban J connectivity index is 2.05. The molecule has 7 nitrogen and oxygen atoms in total. The van der Waals surface area contributed by atoms with Crippen molar-refractivity contribution < 1.29 is 37.0 Å². The van der Waals surface area contributed by atoms with E-state index in [0.717, 1.165) is 16.2 Å². The van der Waals surface area contributed by atoms with Crippen molar-refractivity contribution in [3.63, 3.8) is 0 Å². The van der Waals surface area contributed by atoms with Gasteiger partial charge in [0.25, 0.3) is 5.91 Å². The molecule has 0 saturated carbocycles. The van der Waals surface area contributed by atoms with Crippen LogP contribution in [0.3, 0.4) is 0 Å². The van der Waals surface area contributed by atoms with Gasteiger partial charge in [-0.25, -0.2) is 14.2 Å². The number of hydrogen-bond acceptors (Lipinski definition) is 5. The molecule has 3 rings (SSSR count). The summed E-state index contributed by atoms with van der Waals surface area (Å²) in [4.78, 5) is 27.9. The van der Waals surface area contributed by atoms with E-state index in [1.165, 1.54) is 19.4 Å². The van der Waals surface area contributed by atoms with E-state index in [1.54, 1.807) is 0 Å². The van der Waals surface area contributed by atoms with Crippen molar-refractivity contribution in [2.75, 3.05) is 20.1 Å². The molecule has 0 aliphatic carbocycles. The first-order chi connectivity index (χ1) is 13.5. The quantitative estimate of drug-likeness (QED) is 0.721. The highest BCUT2D eigenvalue weighted by Gasteiger charge is 2.39. The van der Waals surface area contributed by atoms with E-state index in [0.29, 0.717) is 0 Å². The van der Waals surface area contributed by atoms with Gasteiger partial charge in [0.05, 0.1) is 27.9 Å². The number of carbonyl (C=O) groups excluding carboxylic acids is 1. The van der Waals surface area contributed by atoms with Gasteiger partial charge in [-0.05, 0) is 6.92 Å². The first-order valence-electron chi connectivity index (χ1n) is 8.54. The Morgan fingerprint density at radius 2 is 2.10 bits per heavy atom. The fraction of sp³-hybridized carbons (Fsp3) is 0.471. The normalized spacial score (nSPS) is 20.0. The monoisotopic (exact) mass is 435 g/mol. The van der Waals surface area contributed by atoms with Crippen molar-refractivity contribution in [2.24, 2.45) is 0 Å². The number of ether oxygens (including phenoxy) is 1. The molecule has 1 fully saturated rings. The topological polar surface area (TPSA) is 91.8 Å². The second kappa shape index (κ2) is 7.65. The Morgan fingerprint density at radius 1 is 1.41 bits per heavy atom. The molecular formula is C17H17F4N3O4S. The molecule has 2 amide bonds. The maximum absolute atomic E-state index is 14.4. The molecule has 2 unspecified atom stereocenters. The van der Waals surface area contributed by atoms with Gasteiger partial charge in [-0.1, -0.05) is 0 Å². The summed E-state index contributed by atoms with van der Waals surface area (Å²) in [6, 6.07) is 0. The highest BCUT2D eigenvalue weighted by Crippen LogP contribution is 2.43. The van der Waals surface area contributed by atoms with Gasteiger partial charge in [0.15, 0.2) is 6.17 Å². The first-order valence-corrected chi connectivity index (χ1v) is 9.42. The van der Waals surface area contributed by atoms with Gasteiger partial charge in [0, 0.05) is 31.0 Å². The van der Waals surface area contributed by atoms with Crippen molar-refractivity contribution >= 4 is 33.6 Å². The number of carbonyl (C=O) groups is 2. The van der Waals surface area contributed by atoms with Gasteiger partial charge in [0.1, 0.15) is 6.10 Å². The molecule has 0 bridgehead atoms. The average molecular weight is 435 g/mol. The molecule has 3 heterocycles. The molecule has 2 N–H and O–H groups in total. The summed E-state index contributed by atoms with van der Waals surface area (Å²) < 4.78 is 60.8. The van der Waals surface area contributed by atoms with E-state index in [4.69, 9.17) is 9.84 Å². The zero-order valence-electron chi connectivity index (χ0n) is 15.3. The van der Waals surface area contributed by atoms with E-state index < -0.39 is 48.4 Å². The molecule has 1 saturated heterocycles. The lowest BCUT2D eigenvalue weighted by Gasteiger charge is -2.33. The average Bonchev–Trinajstić information content (AvgIpc) is 3.04. The third-order valence-electron chi connectivity index (χ3n) is 4.67. The Hall–Kier alpha value is -2.63. The number of nitrogens with zero attached hydrogens (tertiary/aromatic N) is 2. The lowest BCUT2D eigenvalue weighted by Crippen LogP contribution is -2.49. The fourth-order valence-corrected chi connectivity index (χ4v) is 4.30. The molecule has 158 valence electrons. The molecule has 2 atom stereocenters. The minimum atomic E-state index is -4.74. The molecule has 2 aromatic rings. The molecule has 0 spiro atoms. The van der Waals surface area contributed by atoms with E-state index in [9.17, 15) is 27.2 Å². The van der Waals surface area contributed by atoms with Crippen LogP contribution in [-0.2, 0) is 6.18 Å². The van der Waals surface area contributed by atoms with Crippen LogP contribution in [-0.4, -0.2) is 59.4 Å². The minimum absolute atomic E-state index is 0.0181. The summed E-state index contributed by atoms with van der Waals surface area (Å²) in [6.07, 6.45) is -8.95. The van der Waals surface area contributed by atoms with Crippen LogP contribution in [0.15, 0.2) is 5.38 Å². The predicted octanol–water partition coefficient (Wildman–Crippen LogP) is 3.45. The number of alkyl halides is 4. The van der Waals surface area contributed by atoms with Crippen LogP contribution >= 0.6 is 11.3 Å². The molecular weight excluding hydrogens is 418 g/mol. The number of nitrogens with one attached hydrogen (secondary N) is 1. The van der Waals surface area contributed by atoms with Gasteiger partial charge in [-0.3, -0.25) is 4.79 Å². The van der Waals surface area contributed by atoms with Crippen LogP contribution < -0.4 is 10.1 Å². The molecule has 1 aliphatic heterocycles. The number of thiophene rings is 1. The first kappa shape index (κ1) is 21.1. The smallest absolute Gasteiger partial charge is 0.418 e. The molecule has 1 aliphatic rings. The highest BCUT2D eigenvalue weighted by atomic mass is 32.1. The summed E-state index contributed by atoms with van der Waals surface area (Å²) in [5.41, 5.74) is -1.53. The lowest BCUT2D eigenvalue weighted by molar-refractivity contribution is -0.136. The number of fused-ring (bicyclic) bond motifs is 1. The summed E-state index contributed by atoms with van der Waals surface area (Å²) in [7, 11) is 1.34. The zero-order chi connectivity index (χ0) is 21.5. The van der Waals surface area contributed by atoms with Crippen LogP contribution in [0.4, 0.5) is 22.4 Å². The molecule has 29 heavy (non-hydrogen) atoms. The van der Waals surface area contributed by atoms with Crippen LogP contribution in [0.25, 0.3) is 10.2 Å². The number of rotatable bonds is 3. The van der Waals surface area contributed by atoms with Gasteiger partial charge in [-0.2, -0.15) is 13.2 Å².